The first-order chi connectivity index (χ1) is 19.0. The minimum Gasteiger partial charge on any atom is -0.424 e. The lowest BCUT2D eigenvalue weighted by Gasteiger charge is -2.39. The summed E-state index contributed by atoms with van der Waals surface area (Å²) in [6, 6.07) is 5.90. The van der Waals surface area contributed by atoms with Crippen molar-refractivity contribution in [2.24, 2.45) is 0 Å². The molecule has 5 rings (SSSR count). The second kappa shape index (κ2) is 11.5. The van der Waals surface area contributed by atoms with Crippen molar-refractivity contribution in [3.05, 3.63) is 48.4 Å². The van der Waals surface area contributed by atoms with Crippen LogP contribution in [0.1, 0.15) is 44.1 Å². The number of aromatic nitrogens is 3. The van der Waals surface area contributed by atoms with Gasteiger partial charge >= 0.3 is 12.5 Å². The number of oxazole rings is 1. The number of ether oxygens (including phenoxy) is 1. The zero-order valence-corrected chi connectivity index (χ0v) is 21.3. The van der Waals surface area contributed by atoms with E-state index in [2.05, 4.69) is 30.3 Å². The number of halogens is 6. The first-order valence-corrected chi connectivity index (χ1v) is 13.0. The first-order valence-electron chi connectivity index (χ1n) is 13.0. The standard InChI is InChI=1S/C26H28F6N6O2/c27-25(28,29)17-12-33-23(34-13-17)38-11-3-4-18(15-38)36-20-5-1-2-6-21(20)37-24-35-14-22(39-24)16-7-9-19(10-8-16)40-26(30,31)32/h7-10,12-14,18,20-21,36H,1-6,11,15H2,(H,35,37)/t18-,20?,21?/m0/s1. The maximum atomic E-state index is 12.9. The molecule has 8 nitrogen and oxygen atoms in total. The Kier molecular flexibility index (Phi) is 8.06. The zero-order valence-electron chi connectivity index (χ0n) is 21.3. The Morgan fingerprint density at radius 3 is 2.23 bits per heavy atom. The largest absolute Gasteiger partial charge is 0.573 e. The summed E-state index contributed by atoms with van der Waals surface area (Å²) >= 11 is 0. The molecule has 1 saturated carbocycles. The van der Waals surface area contributed by atoms with E-state index in [-0.39, 0.29) is 29.8 Å². The first kappa shape index (κ1) is 28.0. The van der Waals surface area contributed by atoms with Crippen LogP contribution in [0, 0.1) is 0 Å². The highest BCUT2D eigenvalue weighted by Gasteiger charge is 2.33. The third-order valence-electron chi connectivity index (χ3n) is 7.07. The van der Waals surface area contributed by atoms with Gasteiger partial charge < -0.3 is 24.7 Å². The SMILES string of the molecule is FC(F)(F)Oc1ccc(-c2cnc(NC3CCCCC3N[C@H]3CCCN(c4ncc(C(F)(F)F)cn4)C3)o2)cc1. The number of nitrogens with zero attached hydrogens (tertiary/aromatic N) is 4. The molecule has 1 aliphatic heterocycles. The Morgan fingerprint density at radius 2 is 1.55 bits per heavy atom. The van der Waals surface area contributed by atoms with Crippen molar-refractivity contribution in [1.82, 2.24) is 20.3 Å². The predicted octanol–water partition coefficient (Wildman–Crippen LogP) is 6.03. The fourth-order valence-electron chi connectivity index (χ4n) is 5.19. The van der Waals surface area contributed by atoms with Crippen molar-refractivity contribution in [2.75, 3.05) is 23.3 Å². The monoisotopic (exact) mass is 570 g/mol. The van der Waals surface area contributed by atoms with Crippen LogP contribution in [0.5, 0.6) is 5.75 Å². The Bertz CT molecular complexity index is 1250. The third-order valence-corrected chi connectivity index (χ3v) is 7.07. The van der Waals surface area contributed by atoms with Crippen LogP contribution in [0.15, 0.2) is 47.3 Å². The molecular weight excluding hydrogens is 542 g/mol. The molecule has 2 aliphatic rings. The van der Waals surface area contributed by atoms with Crippen LogP contribution in [0.2, 0.25) is 0 Å². The highest BCUT2D eigenvalue weighted by atomic mass is 19.4. The normalized spacial score (nSPS) is 22.2. The number of benzene rings is 1. The van der Waals surface area contributed by atoms with Gasteiger partial charge in [-0.15, -0.1) is 13.2 Å². The van der Waals surface area contributed by atoms with Crippen molar-refractivity contribution < 1.29 is 35.5 Å². The van der Waals surface area contributed by atoms with Gasteiger partial charge in [0.05, 0.1) is 11.8 Å². The van der Waals surface area contributed by atoms with Crippen molar-refractivity contribution in [1.29, 1.82) is 0 Å². The van der Waals surface area contributed by atoms with Crippen LogP contribution in [-0.2, 0) is 6.18 Å². The molecule has 1 aliphatic carbocycles. The molecule has 2 fully saturated rings. The van der Waals surface area contributed by atoms with Gasteiger partial charge in [-0.2, -0.15) is 13.2 Å². The minimum atomic E-state index is -4.76. The summed E-state index contributed by atoms with van der Waals surface area (Å²) in [7, 11) is 0. The molecule has 14 heteroatoms. The van der Waals surface area contributed by atoms with Crippen molar-refractivity contribution in [2.45, 2.75) is 69.2 Å². The maximum absolute atomic E-state index is 12.9. The number of hydrogen-bond donors (Lipinski definition) is 2. The molecule has 0 amide bonds. The summed E-state index contributed by atoms with van der Waals surface area (Å²) < 4.78 is 85.6. The second-order valence-corrected chi connectivity index (χ2v) is 9.96. The van der Waals surface area contributed by atoms with Gasteiger partial charge in [-0.1, -0.05) is 12.8 Å². The van der Waals surface area contributed by atoms with Crippen LogP contribution >= 0.6 is 0 Å². The van der Waals surface area contributed by atoms with Gasteiger partial charge in [0.15, 0.2) is 5.76 Å². The summed E-state index contributed by atoms with van der Waals surface area (Å²) in [6.45, 7) is 1.24. The molecule has 3 heterocycles. The summed E-state index contributed by atoms with van der Waals surface area (Å²) in [4.78, 5) is 14.1. The van der Waals surface area contributed by atoms with Crippen LogP contribution < -0.4 is 20.3 Å². The topological polar surface area (TPSA) is 88.3 Å². The van der Waals surface area contributed by atoms with E-state index in [1.165, 1.54) is 30.5 Å². The van der Waals surface area contributed by atoms with Crippen LogP contribution in [0.4, 0.5) is 38.3 Å². The van der Waals surface area contributed by atoms with E-state index in [9.17, 15) is 26.3 Å². The smallest absolute Gasteiger partial charge is 0.424 e. The molecule has 3 aromatic rings. The lowest BCUT2D eigenvalue weighted by molar-refractivity contribution is -0.274. The van der Waals surface area contributed by atoms with Crippen LogP contribution in [0.25, 0.3) is 11.3 Å². The highest BCUT2D eigenvalue weighted by molar-refractivity contribution is 5.58. The fourth-order valence-corrected chi connectivity index (χ4v) is 5.19. The van der Waals surface area contributed by atoms with E-state index in [4.69, 9.17) is 4.42 Å². The van der Waals surface area contributed by atoms with Gasteiger partial charge in [-0.3, -0.25) is 0 Å². The van der Waals surface area contributed by atoms with Crippen molar-refractivity contribution >= 4 is 12.0 Å². The quantitative estimate of drug-likeness (QED) is 0.333. The van der Waals surface area contributed by atoms with Gasteiger partial charge in [0.25, 0.3) is 6.01 Å². The van der Waals surface area contributed by atoms with Gasteiger partial charge in [-0.05, 0) is 49.9 Å². The third kappa shape index (κ3) is 7.14. The van der Waals surface area contributed by atoms with E-state index < -0.39 is 18.1 Å². The molecule has 0 bridgehead atoms. The van der Waals surface area contributed by atoms with Gasteiger partial charge in [0.1, 0.15) is 5.75 Å². The average Bonchev–Trinajstić information content (AvgIpc) is 3.38. The van der Waals surface area contributed by atoms with E-state index in [0.717, 1.165) is 50.9 Å². The lowest BCUT2D eigenvalue weighted by Crippen LogP contribution is -2.55. The number of hydrogen-bond acceptors (Lipinski definition) is 8. The number of nitrogens with one attached hydrogen (secondary N) is 2. The van der Waals surface area contributed by atoms with Gasteiger partial charge in [-0.25, -0.2) is 15.0 Å². The zero-order chi connectivity index (χ0) is 28.3. The predicted molar refractivity (Wildman–Crippen MR) is 134 cm³/mol. The Labute approximate surface area is 226 Å². The molecule has 2 unspecified atom stereocenters. The highest BCUT2D eigenvalue weighted by Crippen LogP contribution is 2.31. The Morgan fingerprint density at radius 1 is 0.850 bits per heavy atom. The summed E-state index contributed by atoms with van der Waals surface area (Å²) in [5, 5.41) is 7.07. The molecule has 1 saturated heterocycles. The van der Waals surface area contributed by atoms with E-state index >= 15 is 0 Å². The summed E-state index contributed by atoms with van der Waals surface area (Å²) in [5.41, 5.74) is -0.317. The summed E-state index contributed by atoms with van der Waals surface area (Å²) in [6.07, 6.45) is -0.440. The summed E-state index contributed by atoms with van der Waals surface area (Å²) in [5.74, 6) is 0.361. The molecule has 216 valence electrons. The Balaban J connectivity index is 1.19. The number of anilines is 2. The molecule has 3 atom stereocenters. The molecular formula is C26H28F6N6O2. The van der Waals surface area contributed by atoms with Crippen molar-refractivity contribution in [3.63, 3.8) is 0 Å². The molecule has 40 heavy (non-hydrogen) atoms. The average molecular weight is 571 g/mol. The van der Waals surface area contributed by atoms with Gasteiger partial charge in [0, 0.05) is 49.2 Å². The minimum absolute atomic E-state index is 0.0282. The number of rotatable bonds is 7. The molecule has 0 spiro atoms. The van der Waals surface area contributed by atoms with E-state index in [0.29, 0.717) is 30.4 Å². The van der Waals surface area contributed by atoms with Gasteiger partial charge in [0.2, 0.25) is 5.95 Å². The van der Waals surface area contributed by atoms with Crippen LogP contribution in [-0.4, -0.2) is 52.5 Å². The molecule has 0 radical (unpaired) electrons. The fraction of sp³-hybridized carbons (Fsp3) is 0.500. The molecule has 2 N–H and O–H groups in total. The number of piperidine rings is 1. The van der Waals surface area contributed by atoms with Crippen molar-refractivity contribution in [3.8, 4) is 17.1 Å². The molecule has 2 aromatic heterocycles. The van der Waals surface area contributed by atoms with E-state index in [1.807, 2.05) is 4.90 Å². The van der Waals surface area contributed by atoms with Crippen LogP contribution in [0.3, 0.4) is 0 Å². The molecule has 1 aromatic carbocycles. The lowest BCUT2D eigenvalue weighted by atomic mass is 9.89. The maximum Gasteiger partial charge on any atom is 0.573 e. The Hall–Kier alpha value is -3.55. The van der Waals surface area contributed by atoms with E-state index in [1.54, 1.807) is 0 Å². The number of alkyl halides is 6. The second-order valence-electron chi connectivity index (χ2n) is 9.96.